The van der Waals surface area contributed by atoms with E-state index >= 15 is 0 Å². The van der Waals surface area contributed by atoms with E-state index in [1.54, 1.807) is 7.11 Å². The number of hydrogen-bond acceptors (Lipinski definition) is 2. The van der Waals surface area contributed by atoms with Gasteiger partial charge in [-0.3, -0.25) is 0 Å². The second kappa shape index (κ2) is 7.12. The van der Waals surface area contributed by atoms with E-state index in [1.165, 1.54) is 31.2 Å². The van der Waals surface area contributed by atoms with Crippen LogP contribution < -0.4 is 10.1 Å². The standard InChI is InChI=1S/C18H29NO/c1-5-13(2)10-14(3)19-17-11-16(12-17)15-6-8-18(20-4)9-7-15/h6-9,13-14,16-17,19H,5,10-12H2,1-4H3. The Morgan fingerprint density at radius 3 is 2.40 bits per heavy atom. The molecule has 0 radical (unpaired) electrons. The zero-order valence-electron chi connectivity index (χ0n) is 13.4. The third-order valence-electron chi connectivity index (χ3n) is 4.70. The lowest BCUT2D eigenvalue weighted by Crippen LogP contribution is -2.44. The fourth-order valence-corrected chi connectivity index (χ4v) is 3.14. The molecule has 0 bridgehead atoms. The van der Waals surface area contributed by atoms with Crippen LogP contribution in [0, 0.1) is 5.92 Å². The van der Waals surface area contributed by atoms with Crippen molar-refractivity contribution < 1.29 is 4.74 Å². The minimum atomic E-state index is 0.645. The average Bonchev–Trinajstić information content (AvgIpc) is 2.42. The molecule has 2 atom stereocenters. The molecular formula is C18H29NO. The number of nitrogens with one attached hydrogen (secondary N) is 1. The predicted molar refractivity (Wildman–Crippen MR) is 85.4 cm³/mol. The van der Waals surface area contributed by atoms with Crippen LogP contribution in [-0.2, 0) is 0 Å². The number of hydrogen-bond donors (Lipinski definition) is 1. The topological polar surface area (TPSA) is 21.3 Å². The van der Waals surface area contributed by atoms with E-state index in [1.807, 2.05) is 0 Å². The van der Waals surface area contributed by atoms with Crippen molar-refractivity contribution in [2.45, 2.75) is 64.5 Å². The molecule has 2 nitrogen and oxygen atoms in total. The smallest absolute Gasteiger partial charge is 0.118 e. The SMILES string of the molecule is CCC(C)CC(C)NC1CC(c2ccc(OC)cc2)C1. The van der Waals surface area contributed by atoms with Gasteiger partial charge < -0.3 is 10.1 Å². The summed E-state index contributed by atoms with van der Waals surface area (Å²) in [4.78, 5) is 0. The highest BCUT2D eigenvalue weighted by Gasteiger charge is 2.30. The van der Waals surface area contributed by atoms with E-state index in [4.69, 9.17) is 4.74 Å². The first-order valence-corrected chi connectivity index (χ1v) is 8.02. The monoisotopic (exact) mass is 275 g/mol. The van der Waals surface area contributed by atoms with Crippen molar-refractivity contribution in [2.24, 2.45) is 5.92 Å². The van der Waals surface area contributed by atoms with Crippen molar-refractivity contribution in [3.05, 3.63) is 29.8 Å². The number of methoxy groups -OCH3 is 1. The van der Waals surface area contributed by atoms with Gasteiger partial charge in [-0.15, -0.1) is 0 Å². The average molecular weight is 275 g/mol. The van der Waals surface area contributed by atoms with E-state index in [-0.39, 0.29) is 0 Å². The second-order valence-electron chi connectivity index (χ2n) is 6.46. The third-order valence-corrected chi connectivity index (χ3v) is 4.70. The molecule has 2 rings (SSSR count). The Kier molecular flexibility index (Phi) is 5.47. The van der Waals surface area contributed by atoms with Gasteiger partial charge in [0.15, 0.2) is 0 Å². The van der Waals surface area contributed by atoms with Gasteiger partial charge in [0, 0.05) is 12.1 Å². The van der Waals surface area contributed by atoms with Crippen molar-refractivity contribution in [1.82, 2.24) is 5.32 Å². The van der Waals surface area contributed by atoms with Gasteiger partial charge in [0.25, 0.3) is 0 Å². The molecule has 0 saturated heterocycles. The van der Waals surface area contributed by atoms with Crippen molar-refractivity contribution in [3.63, 3.8) is 0 Å². The third kappa shape index (κ3) is 3.99. The summed E-state index contributed by atoms with van der Waals surface area (Å²) in [5.74, 6) is 2.51. The Morgan fingerprint density at radius 1 is 1.20 bits per heavy atom. The molecule has 1 aromatic rings. The molecule has 0 spiro atoms. The lowest BCUT2D eigenvalue weighted by Gasteiger charge is -2.38. The van der Waals surface area contributed by atoms with Gasteiger partial charge in [0.2, 0.25) is 0 Å². The van der Waals surface area contributed by atoms with Crippen LogP contribution >= 0.6 is 0 Å². The fourth-order valence-electron chi connectivity index (χ4n) is 3.14. The molecule has 1 saturated carbocycles. The van der Waals surface area contributed by atoms with Gasteiger partial charge in [0.1, 0.15) is 5.75 Å². The summed E-state index contributed by atoms with van der Waals surface area (Å²) in [6.45, 7) is 6.95. The lowest BCUT2D eigenvalue weighted by molar-refractivity contribution is 0.254. The van der Waals surface area contributed by atoms with Crippen LogP contribution in [0.4, 0.5) is 0 Å². The van der Waals surface area contributed by atoms with E-state index in [9.17, 15) is 0 Å². The summed E-state index contributed by atoms with van der Waals surface area (Å²) < 4.78 is 5.21. The zero-order valence-corrected chi connectivity index (χ0v) is 13.4. The molecule has 1 aliphatic carbocycles. The zero-order chi connectivity index (χ0) is 14.5. The maximum absolute atomic E-state index is 5.21. The van der Waals surface area contributed by atoms with Gasteiger partial charge in [-0.05, 0) is 55.7 Å². The summed E-state index contributed by atoms with van der Waals surface area (Å²) >= 11 is 0. The molecule has 1 fully saturated rings. The van der Waals surface area contributed by atoms with Gasteiger partial charge in [0.05, 0.1) is 7.11 Å². The van der Waals surface area contributed by atoms with Gasteiger partial charge in [-0.25, -0.2) is 0 Å². The molecule has 2 unspecified atom stereocenters. The Bertz CT molecular complexity index is 394. The Morgan fingerprint density at radius 2 is 1.85 bits per heavy atom. The lowest BCUT2D eigenvalue weighted by atomic mass is 9.75. The van der Waals surface area contributed by atoms with Gasteiger partial charge >= 0.3 is 0 Å². The molecule has 0 heterocycles. The van der Waals surface area contributed by atoms with Crippen LogP contribution in [0.15, 0.2) is 24.3 Å². The van der Waals surface area contributed by atoms with Crippen LogP contribution in [-0.4, -0.2) is 19.2 Å². The normalized spacial score (nSPS) is 24.8. The van der Waals surface area contributed by atoms with Crippen LogP contribution in [0.2, 0.25) is 0 Å². The van der Waals surface area contributed by atoms with Gasteiger partial charge in [-0.2, -0.15) is 0 Å². The van der Waals surface area contributed by atoms with Crippen LogP contribution in [0.1, 0.15) is 57.9 Å². The maximum atomic E-state index is 5.21. The van der Waals surface area contributed by atoms with Crippen molar-refractivity contribution in [3.8, 4) is 5.75 Å². The molecule has 112 valence electrons. The highest BCUT2D eigenvalue weighted by Crippen LogP contribution is 2.37. The predicted octanol–water partition coefficient (Wildman–Crippen LogP) is 4.36. The first-order valence-electron chi connectivity index (χ1n) is 8.02. The van der Waals surface area contributed by atoms with Crippen LogP contribution in [0.25, 0.3) is 0 Å². The summed E-state index contributed by atoms with van der Waals surface area (Å²) in [7, 11) is 1.72. The highest BCUT2D eigenvalue weighted by atomic mass is 16.5. The molecule has 1 N–H and O–H groups in total. The Hall–Kier alpha value is -1.02. The first kappa shape index (κ1) is 15.4. The molecule has 20 heavy (non-hydrogen) atoms. The van der Waals surface area contributed by atoms with E-state index < -0.39 is 0 Å². The minimum absolute atomic E-state index is 0.645. The van der Waals surface area contributed by atoms with Gasteiger partial charge in [-0.1, -0.05) is 32.4 Å². The van der Waals surface area contributed by atoms with Crippen LogP contribution in [0.5, 0.6) is 5.75 Å². The summed E-state index contributed by atoms with van der Waals surface area (Å²) in [5, 5.41) is 3.78. The minimum Gasteiger partial charge on any atom is -0.497 e. The Balaban J connectivity index is 1.73. The van der Waals surface area contributed by atoms with Crippen LogP contribution in [0.3, 0.4) is 0 Å². The summed E-state index contributed by atoms with van der Waals surface area (Å²) in [6.07, 6.45) is 5.12. The molecule has 0 aliphatic heterocycles. The number of rotatable bonds is 7. The van der Waals surface area contributed by atoms with E-state index in [0.717, 1.165) is 17.6 Å². The molecule has 2 heteroatoms. The number of benzene rings is 1. The quantitative estimate of drug-likeness (QED) is 0.798. The molecule has 1 aromatic carbocycles. The Labute approximate surface area is 123 Å². The first-order chi connectivity index (χ1) is 9.62. The molecule has 1 aliphatic rings. The summed E-state index contributed by atoms with van der Waals surface area (Å²) in [5.41, 5.74) is 1.46. The highest BCUT2D eigenvalue weighted by molar-refractivity contribution is 5.30. The van der Waals surface area contributed by atoms with Crippen molar-refractivity contribution >= 4 is 0 Å². The van der Waals surface area contributed by atoms with Crippen molar-refractivity contribution in [1.29, 1.82) is 0 Å². The largest absolute Gasteiger partial charge is 0.497 e. The number of ether oxygens (including phenoxy) is 1. The molecular weight excluding hydrogens is 246 g/mol. The molecule has 0 aromatic heterocycles. The fraction of sp³-hybridized carbons (Fsp3) is 0.667. The summed E-state index contributed by atoms with van der Waals surface area (Å²) in [6, 6.07) is 9.92. The second-order valence-corrected chi connectivity index (χ2v) is 6.46. The van der Waals surface area contributed by atoms with E-state index in [0.29, 0.717) is 12.1 Å². The molecule has 0 amide bonds. The van der Waals surface area contributed by atoms with Crippen molar-refractivity contribution in [2.75, 3.05) is 7.11 Å². The van der Waals surface area contributed by atoms with E-state index in [2.05, 4.69) is 50.4 Å². The maximum Gasteiger partial charge on any atom is 0.118 e.